The predicted molar refractivity (Wildman–Crippen MR) is 69.2 cm³/mol. The number of primary sulfonamides is 1. The molecule has 9 heteroatoms. The molecule has 0 aliphatic rings. The van der Waals surface area contributed by atoms with Gasteiger partial charge in [0.15, 0.2) is 0 Å². The highest BCUT2D eigenvalue weighted by Crippen LogP contribution is 2.08. The van der Waals surface area contributed by atoms with Crippen LogP contribution in [0.25, 0.3) is 0 Å². The average molecular weight is 288 g/mol. The zero-order chi connectivity index (χ0) is 14.5. The standard InChI is InChI=1S/C10H16N4O4S/c1-3-18-9(15)8-6-13-10(14-7(8)2)12-4-5-19(11,16)17/h6H,3-5H2,1-2H3,(H2,11,16,17)(H,12,13,14). The summed E-state index contributed by atoms with van der Waals surface area (Å²) < 4.78 is 26.3. The first kappa shape index (κ1) is 15.3. The number of nitrogens with two attached hydrogens (primary N) is 1. The minimum atomic E-state index is -3.53. The van der Waals surface area contributed by atoms with Gasteiger partial charge in [0.25, 0.3) is 0 Å². The molecule has 1 aromatic rings. The number of esters is 1. The van der Waals surface area contributed by atoms with Gasteiger partial charge in [-0.2, -0.15) is 0 Å². The van der Waals surface area contributed by atoms with Gasteiger partial charge in [-0.1, -0.05) is 0 Å². The molecule has 0 unspecified atom stereocenters. The summed E-state index contributed by atoms with van der Waals surface area (Å²) in [5.74, 6) is -0.486. The number of rotatable bonds is 6. The fourth-order valence-corrected chi connectivity index (χ4v) is 1.65. The van der Waals surface area contributed by atoms with E-state index in [0.29, 0.717) is 5.69 Å². The molecule has 0 bridgehead atoms. The van der Waals surface area contributed by atoms with Crippen molar-refractivity contribution in [3.63, 3.8) is 0 Å². The number of aromatic nitrogens is 2. The molecule has 0 spiro atoms. The number of hydrogen-bond donors (Lipinski definition) is 2. The van der Waals surface area contributed by atoms with Gasteiger partial charge in [0.05, 0.1) is 23.6 Å². The van der Waals surface area contributed by atoms with E-state index in [9.17, 15) is 13.2 Å². The number of hydrogen-bond acceptors (Lipinski definition) is 7. The maximum Gasteiger partial charge on any atom is 0.341 e. The lowest BCUT2D eigenvalue weighted by Gasteiger charge is -2.07. The van der Waals surface area contributed by atoms with Crippen LogP contribution < -0.4 is 10.5 Å². The Labute approximate surface area is 111 Å². The Balaban J connectivity index is 2.69. The molecule has 0 saturated carbocycles. The third kappa shape index (κ3) is 5.18. The van der Waals surface area contributed by atoms with Gasteiger partial charge in [-0.15, -0.1) is 0 Å². The van der Waals surface area contributed by atoms with Crippen LogP contribution in [-0.2, 0) is 14.8 Å². The van der Waals surface area contributed by atoms with Crippen LogP contribution in [0.2, 0.25) is 0 Å². The van der Waals surface area contributed by atoms with Gasteiger partial charge in [0.1, 0.15) is 0 Å². The van der Waals surface area contributed by atoms with E-state index in [1.165, 1.54) is 6.20 Å². The molecule has 0 aliphatic heterocycles. The largest absolute Gasteiger partial charge is 0.462 e. The third-order valence-electron chi connectivity index (χ3n) is 2.14. The second-order valence-electron chi connectivity index (χ2n) is 3.71. The molecule has 1 rings (SSSR count). The highest BCUT2D eigenvalue weighted by atomic mass is 32.2. The third-order valence-corrected chi connectivity index (χ3v) is 2.92. The molecule has 0 amide bonds. The summed E-state index contributed by atoms with van der Waals surface area (Å²) >= 11 is 0. The molecule has 0 aliphatic carbocycles. The fraction of sp³-hybridized carbons (Fsp3) is 0.500. The van der Waals surface area contributed by atoms with E-state index in [2.05, 4.69) is 15.3 Å². The summed E-state index contributed by atoms with van der Waals surface area (Å²) in [6.45, 7) is 3.71. The molecule has 0 fully saturated rings. The summed E-state index contributed by atoms with van der Waals surface area (Å²) in [6, 6.07) is 0. The maximum atomic E-state index is 11.5. The second kappa shape index (κ2) is 6.43. The lowest BCUT2D eigenvalue weighted by atomic mass is 10.2. The molecular formula is C10H16N4O4S. The molecule has 19 heavy (non-hydrogen) atoms. The van der Waals surface area contributed by atoms with Gasteiger partial charge >= 0.3 is 5.97 Å². The van der Waals surface area contributed by atoms with Crippen molar-refractivity contribution in [3.05, 3.63) is 17.5 Å². The smallest absolute Gasteiger partial charge is 0.341 e. The second-order valence-corrected chi connectivity index (χ2v) is 5.44. The average Bonchev–Trinajstić information content (AvgIpc) is 2.27. The van der Waals surface area contributed by atoms with Gasteiger partial charge in [0.2, 0.25) is 16.0 Å². The van der Waals surface area contributed by atoms with Gasteiger partial charge in [-0.25, -0.2) is 28.3 Å². The first-order valence-electron chi connectivity index (χ1n) is 5.58. The lowest BCUT2D eigenvalue weighted by molar-refractivity contribution is 0.0524. The fourth-order valence-electron chi connectivity index (χ4n) is 1.27. The number of nitrogens with one attached hydrogen (secondary N) is 1. The van der Waals surface area contributed by atoms with Crippen molar-refractivity contribution < 1.29 is 17.9 Å². The molecule has 3 N–H and O–H groups in total. The number of carbonyl (C=O) groups excluding carboxylic acids is 1. The molecular weight excluding hydrogens is 272 g/mol. The van der Waals surface area contributed by atoms with E-state index in [-0.39, 0.29) is 30.4 Å². The van der Waals surface area contributed by atoms with Crippen molar-refractivity contribution in [1.82, 2.24) is 9.97 Å². The first-order valence-corrected chi connectivity index (χ1v) is 7.30. The van der Waals surface area contributed by atoms with Crippen LogP contribution in [0.1, 0.15) is 23.0 Å². The Hall–Kier alpha value is -1.74. The Morgan fingerprint density at radius 3 is 2.74 bits per heavy atom. The van der Waals surface area contributed by atoms with E-state index in [1.807, 2.05) is 0 Å². The topological polar surface area (TPSA) is 124 Å². The molecule has 1 heterocycles. The van der Waals surface area contributed by atoms with Crippen molar-refractivity contribution in [2.75, 3.05) is 24.2 Å². The van der Waals surface area contributed by atoms with Crippen molar-refractivity contribution in [3.8, 4) is 0 Å². The highest BCUT2D eigenvalue weighted by Gasteiger charge is 2.12. The number of anilines is 1. The van der Waals surface area contributed by atoms with Crippen LogP contribution in [0, 0.1) is 6.92 Å². The molecule has 0 radical (unpaired) electrons. The quantitative estimate of drug-likeness (QED) is 0.686. The van der Waals surface area contributed by atoms with E-state index >= 15 is 0 Å². The van der Waals surface area contributed by atoms with Crippen LogP contribution in [-0.4, -0.2) is 43.3 Å². The number of ether oxygens (including phenoxy) is 1. The Bertz CT molecular complexity index is 559. The molecule has 106 valence electrons. The Morgan fingerprint density at radius 1 is 1.53 bits per heavy atom. The molecule has 1 aromatic heterocycles. The van der Waals surface area contributed by atoms with Gasteiger partial charge < -0.3 is 10.1 Å². The van der Waals surface area contributed by atoms with Crippen LogP contribution in [0.4, 0.5) is 5.95 Å². The summed E-state index contributed by atoms with van der Waals surface area (Å²) in [4.78, 5) is 19.4. The van der Waals surface area contributed by atoms with Crippen LogP contribution in [0.3, 0.4) is 0 Å². The summed E-state index contributed by atoms with van der Waals surface area (Å²) in [6.07, 6.45) is 1.33. The molecule has 0 atom stereocenters. The van der Waals surface area contributed by atoms with E-state index in [4.69, 9.17) is 9.88 Å². The highest BCUT2D eigenvalue weighted by molar-refractivity contribution is 7.89. The van der Waals surface area contributed by atoms with Crippen LogP contribution in [0.5, 0.6) is 0 Å². The number of nitrogens with zero attached hydrogens (tertiary/aromatic N) is 2. The van der Waals surface area contributed by atoms with Gasteiger partial charge in [-0.05, 0) is 13.8 Å². The zero-order valence-corrected chi connectivity index (χ0v) is 11.5. The minimum Gasteiger partial charge on any atom is -0.462 e. The lowest BCUT2D eigenvalue weighted by Crippen LogP contribution is -2.23. The normalized spacial score (nSPS) is 11.1. The van der Waals surface area contributed by atoms with Gasteiger partial charge in [-0.3, -0.25) is 0 Å². The minimum absolute atomic E-state index is 0.0943. The first-order chi connectivity index (χ1) is 8.83. The van der Waals surface area contributed by atoms with E-state index < -0.39 is 16.0 Å². The SMILES string of the molecule is CCOC(=O)c1cnc(NCCS(N)(=O)=O)nc1C. The van der Waals surface area contributed by atoms with Gasteiger partial charge in [0, 0.05) is 12.7 Å². The van der Waals surface area contributed by atoms with Crippen LogP contribution >= 0.6 is 0 Å². The monoisotopic (exact) mass is 288 g/mol. The molecule has 0 saturated heterocycles. The number of carbonyl (C=O) groups is 1. The van der Waals surface area contributed by atoms with Crippen molar-refractivity contribution in [2.45, 2.75) is 13.8 Å². The number of sulfonamides is 1. The van der Waals surface area contributed by atoms with Crippen molar-refractivity contribution in [2.24, 2.45) is 5.14 Å². The van der Waals surface area contributed by atoms with E-state index in [1.54, 1.807) is 13.8 Å². The maximum absolute atomic E-state index is 11.5. The Morgan fingerprint density at radius 2 is 2.21 bits per heavy atom. The van der Waals surface area contributed by atoms with Crippen molar-refractivity contribution >= 4 is 21.9 Å². The summed E-state index contributed by atoms with van der Waals surface area (Å²) in [5.41, 5.74) is 0.727. The van der Waals surface area contributed by atoms with Crippen LogP contribution in [0.15, 0.2) is 6.20 Å². The number of aryl methyl sites for hydroxylation is 1. The summed E-state index contributed by atoms with van der Waals surface area (Å²) in [5, 5.41) is 7.56. The molecule has 8 nitrogen and oxygen atoms in total. The summed E-state index contributed by atoms with van der Waals surface area (Å²) in [7, 11) is -3.53. The van der Waals surface area contributed by atoms with Crippen molar-refractivity contribution in [1.29, 1.82) is 0 Å². The van der Waals surface area contributed by atoms with E-state index in [0.717, 1.165) is 0 Å². The Kier molecular flexibility index (Phi) is 5.19. The zero-order valence-electron chi connectivity index (χ0n) is 10.7. The molecule has 0 aromatic carbocycles. The predicted octanol–water partition coefficient (Wildman–Crippen LogP) is -0.338.